The van der Waals surface area contributed by atoms with Crippen LogP contribution < -0.4 is 0 Å². The van der Waals surface area contributed by atoms with Crippen LogP contribution in [0.2, 0.25) is 0 Å². The molecule has 2 rings (SSSR count). The average Bonchev–Trinajstić information content (AvgIpc) is 2.76. The minimum absolute atomic E-state index is 0.291. The van der Waals surface area contributed by atoms with Gasteiger partial charge in [0, 0.05) is 12.4 Å². The van der Waals surface area contributed by atoms with Crippen LogP contribution in [0, 0.1) is 0 Å². The lowest BCUT2D eigenvalue weighted by molar-refractivity contribution is -0.145. The second-order valence-electron chi connectivity index (χ2n) is 4.47. The Morgan fingerprint density at radius 3 is 2.82 bits per heavy atom. The molecule has 1 aromatic heterocycles. The lowest BCUT2D eigenvalue weighted by Gasteiger charge is -2.22. The number of pyridine rings is 1. The molecule has 0 radical (unpaired) electrons. The Balaban J connectivity index is 2.24. The zero-order chi connectivity index (χ0) is 16.1. The molecule has 8 heteroatoms. The van der Waals surface area contributed by atoms with E-state index in [4.69, 9.17) is 12.2 Å². The maximum atomic E-state index is 12.5. The first kappa shape index (κ1) is 17.0. The number of rotatable bonds is 6. The number of aliphatic carboxylic acids is 1. The largest absolute Gasteiger partial charge is 0.480 e. The monoisotopic (exact) mass is 354 g/mol. The van der Waals surface area contributed by atoms with Crippen LogP contribution in [-0.4, -0.2) is 49.2 Å². The number of carboxylic acids is 1. The topological polar surface area (TPSA) is 70.5 Å². The summed E-state index contributed by atoms with van der Waals surface area (Å²) in [6, 6.07) is 2.63. The SMILES string of the molecule is CSCC[C@H](C(=O)O)N1C(=O)/C(=C\c2ccncc2)SC1=S. The van der Waals surface area contributed by atoms with Gasteiger partial charge in [-0.1, -0.05) is 24.0 Å². The molecular formula is C14H14N2O3S3. The number of carboxylic acid groups (broad SMARTS) is 1. The van der Waals surface area contributed by atoms with Gasteiger partial charge in [-0.15, -0.1) is 0 Å². The molecule has 0 unspecified atom stereocenters. The minimum Gasteiger partial charge on any atom is -0.480 e. The first-order valence-corrected chi connectivity index (χ1v) is 9.05. The Bertz CT molecular complexity index is 619. The Kier molecular flexibility index (Phi) is 5.98. The predicted molar refractivity (Wildman–Crippen MR) is 93.7 cm³/mol. The van der Waals surface area contributed by atoms with E-state index in [1.54, 1.807) is 30.6 Å². The van der Waals surface area contributed by atoms with Crippen molar-refractivity contribution in [3.8, 4) is 0 Å². The lowest BCUT2D eigenvalue weighted by Crippen LogP contribution is -2.44. The van der Waals surface area contributed by atoms with Crippen molar-refractivity contribution in [2.24, 2.45) is 0 Å². The molecule has 0 aliphatic carbocycles. The summed E-state index contributed by atoms with van der Waals surface area (Å²) >= 11 is 7.87. The number of carbonyl (C=O) groups excluding carboxylic acids is 1. The van der Waals surface area contributed by atoms with Gasteiger partial charge >= 0.3 is 5.97 Å². The van der Waals surface area contributed by atoms with Crippen molar-refractivity contribution in [2.75, 3.05) is 12.0 Å². The molecule has 0 aromatic carbocycles. The summed E-state index contributed by atoms with van der Waals surface area (Å²) in [6.45, 7) is 0. The molecule has 0 spiro atoms. The highest BCUT2D eigenvalue weighted by Crippen LogP contribution is 2.34. The molecule has 22 heavy (non-hydrogen) atoms. The fourth-order valence-electron chi connectivity index (χ4n) is 1.95. The van der Waals surface area contributed by atoms with E-state index >= 15 is 0 Å². The first-order chi connectivity index (χ1) is 10.5. The standard InChI is InChI=1S/C14H14N2O3S3/c1-21-7-4-10(13(18)19)16-12(17)11(22-14(16)20)8-9-2-5-15-6-3-9/h2-3,5-6,8,10H,4,7H2,1H3,(H,18,19)/b11-8+/t10-/m1/s1. The quantitative estimate of drug-likeness (QED) is 0.621. The van der Waals surface area contributed by atoms with Gasteiger partial charge < -0.3 is 5.11 Å². The van der Waals surface area contributed by atoms with Crippen molar-refractivity contribution in [3.63, 3.8) is 0 Å². The van der Waals surface area contributed by atoms with Crippen LogP contribution in [0.25, 0.3) is 6.08 Å². The van der Waals surface area contributed by atoms with Crippen molar-refractivity contribution >= 4 is 58.0 Å². The van der Waals surface area contributed by atoms with E-state index in [0.29, 0.717) is 21.4 Å². The molecule has 116 valence electrons. The fraction of sp³-hybridized carbons (Fsp3) is 0.286. The van der Waals surface area contributed by atoms with Gasteiger partial charge in [0.1, 0.15) is 10.4 Å². The third-order valence-electron chi connectivity index (χ3n) is 3.02. The molecule has 0 bridgehead atoms. The number of carbonyl (C=O) groups is 2. The second kappa shape index (κ2) is 7.75. The van der Waals surface area contributed by atoms with Crippen molar-refractivity contribution in [1.29, 1.82) is 0 Å². The summed E-state index contributed by atoms with van der Waals surface area (Å²) in [7, 11) is 0. The second-order valence-corrected chi connectivity index (χ2v) is 7.13. The third kappa shape index (κ3) is 3.88. The Morgan fingerprint density at radius 2 is 2.23 bits per heavy atom. The molecule has 1 N–H and O–H groups in total. The molecular weight excluding hydrogens is 340 g/mol. The number of hydrogen-bond donors (Lipinski definition) is 1. The van der Waals surface area contributed by atoms with Gasteiger partial charge in [0.15, 0.2) is 0 Å². The summed E-state index contributed by atoms with van der Waals surface area (Å²) in [5, 5.41) is 9.37. The number of amides is 1. The van der Waals surface area contributed by atoms with Crippen LogP contribution in [-0.2, 0) is 9.59 Å². The molecule has 1 aliphatic heterocycles. The molecule has 1 fully saturated rings. The van der Waals surface area contributed by atoms with Crippen molar-refractivity contribution in [1.82, 2.24) is 9.88 Å². The van der Waals surface area contributed by atoms with Crippen LogP contribution in [0.4, 0.5) is 0 Å². The number of thiocarbonyl (C=S) groups is 1. The van der Waals surface area contributed by atoms with Gasteiger partial charge in [-0.05, 0) is 42.2 Å². The first-order valence-electron chi connectivity index (χ1n) is 6.43. The van der Waals surface area contributed by atoms with Gasteiger partial charge in [0.2, 0.25) is 0 Å². The average molecular weight is 354 g/mol. The number of aromatic nitrogens is 1. The van der Waals surface area contributed by atoms with Crippen LogP contribution in [0.3, 0.4) is 0 Å². The van der Waals surface area contributed by atoms with Crippen LogP contribution in [0.5, 0.6) is 0 Å². The number of thioether (sulfide) groups is 2. The smallest absolute Gasteiger partial charge is 0.326 e. The van der Waals surface area contributed by atoms with E-state index in [2.05, 4.69) is 4.98 Å². The maximum Gasteiger partial charge on any atom is 0.326 e. The van der Waals surface area contributed by atoms with E-state index in [-0.39, 0.29) is 5.91 Å². The summed E-state index contributed by atoms with van der Waals surface area (Å²) in [4.78, 5) is 29.5. The molecule has 1 amide bonds. The minimum atomic E-state index is -1.03. The van der Waals surface area contributed by atoms with E-state index < -0.39 is 12.0 Å². The molecule has 1 aromatic rings. The van der Waals surface area contributed by atoms with Crippen LogP contribution >= 0.6 is 35.7 Å². The summed E-state index contributed by atoms with van der Waals surface area (Å²) in [5.74, 6) is -0.729. The van der Waals surface area contributed by atoms with Gasteiger partial charge in [-0.25, -0.2) is 4.79 Å². The summed E-state index contributed by atoms with van der Waals surface area (Å²) in [5.41, 5.74) is 0.825. The normalized spacial score (nSPS) is 18.0. The molecule has 1 aliphatic rings. The number of hydrogen-bond acceptors (Lipinski definition) is 6. The van der Waals surface area contributed by atoms with E-state index in [1.807, 2.05) is 6.26 Å². The molecule has 5 nitrogen and oxygen atoms in total. The van der Waals surface area contributed by atoms with E-state index in [9.17, 15) is 14.7 Å². The Morgan fingerprint density at radius 1 is 1.55 bits per heavy atom. The molecule has 2 heterocycles. The van der Waals surface area contributed by atoms with E-state index in [1.165, 1.54) is 16.7 Å². The highest BCUT2D eigenvalue weighted by atomic mass is 32.2. The summed E-state index contributed by atoms with van der Waals surface area (Å²) in [6.07, 6.45) is 7.22. The zero-order valence-electron chi connectivity index (χ0n) is 11.8. The molecule has 0 saturated carbocycles. The zero-order valence-corrected chi connectivity index (χ0v) is 14.2. The lowest BCUT2D eigenvalue weighted by atomic mass is 10.2. The third-order valence-corrected chi connectivity index (χ3v) is 4.99. The summed E-state index contributed by atoms with van der Waals surface area (Å²) < 4.78 is 0.291. The van der Waals surface area contributed by atoms with Gasteiger partial charge in [0.05, 0.1) is 4.91 Å². The van der Waals surface area contributed by atoms with Crippen molar-refractivity contribution in [2.45, 2.75) is 12.5 Å². The fourth-order valence-corrected chi connectivity index (χ4v) is 3.77. The highest BCUT2D eigenvalue weighted by molar-refractivity contribution is 8.26. The van der Waals surface area contributed by atoms with E-state index in [0.717, 1.165) is 17.3 Å². The van der Waals surface area contributed by atoms with Gasteiger partial charge in [-0.2, -0.15) is 11.8 Å². The van der Waals surface area contributed by atoms with Gasteiger partial charge in [-0.3, -0.25) is 14.7 Å². The Hall–Kier alpha value is -1.38. The van der Waals surface area contributed by atoms with Gasteiger partial charge in [0.25, 0.3) is 5.91 Å². The molecule has 1 saturated heterocycles. The molecule has 1 atom stereocenters. The van der Waals surface area contributed by atoms with Crippen LogP contribution in [0.15, 0.2) is 29.4 Å². The Labute approximate surface area is 142 Å². The number of nitrogens with zero attached hydrogens (tertiary/aromatic N) is 2. The van der Waals surface area contributed by atoms with Crippen LogP contribution in [0.1, 0.15) is 12.0 Å². The van der Waals surface area contributed by atoms with Crippen molar-refractivity contribution < 1.29 is 14.7 Å². The van der Waals surface area contributed by atoms with Crippen molar-refractivity contribution in [3.05, 3.63) is 35.0 Å². The maximum absolute atomic E-state index is 12.5. The predicted octanol–water partition coefficient (Wildman–Crippen LogP) is 2.49. The highest BCUT2D eigenvalue weighted by Gasteiger charge is 2.40.